The lowest BCUT2D eigenvalue weighted by Gasteiger charge is -1.83. The second kappa shape index (κ2) is 1.91. The number of rotatable bonds is 0. The first-order valence-electron chi connectivity index (χ1n) is 3.81. The van der Waals surface area contributed by atoms with E-state index in [1.807, 2.05) is 30.3 Å². The first-order chi connectivity index (χ1) is 5.95. The van der Waals surface area contributed by atoms with E-state index in [9.17, 15) is 0 Å². The third-order valence-electron chi connectivity index (χ3n) is 2.02. The molecule has 1 aromatic carbocycles. The summed E-state index contributed by atoms with van der Waals surface area (Å²) < 4.78 is 5.53. The van der Waals surface area contributed by atoms with E-state index in [2.05, 4.69) is 11.2 Å². The van der Waals surface area contributed by atoms with E-state index in [0.717, 1.165) is 22.1 Å². The van der Waals surface area contributed by atoms with Crippen LogP contribution in [0.1, 0.15) is 0 Å². The van der Waals surface area contributed by atoms with Gasteiger partial charge in [-0.3, -0.25) is 0 Å². The quantitative estimate of drug-likeness (QED) is 0.532. The Labute approximate surface area is 68.8 Å². The largest absolute Gasteiger partial charge is 0.454 e. The van der Waals surface area contributed by atoms with Gasteiger partial charge in [-0.25, -0.2) is 0 Å². The molecule has 0 saturated carbocycles. The fourth-order valence-corrected chi connectivity index (χ4v) is 1.47. The molecule has 12 heavy (non-hydrogen) atoms. The van der Waals surface area contributed by atoms with Crippen molar-refractivity contribution in [3.8, 4) is 0 Å². The lowest BCUT2D eigenvalue weighted by Crippen LogP contribution is -1.63. The summed E-state index contributed by atoms with van der Waals surface area (Å²) in [5.41, 5.74) is 2.83. The van der Waals surface area contributed by atoms with Gasteiger partial charge in [-0.2, -0.15) is 0 Å². The van der Waals surface area contributed by atoms with Crippen LogP contribution in [-0.4, -0.2) is 4.98 Å². The zero-order chi connectivity index (χ0) is 7.97. The fourth-order valence-electron chi connectivity index (χ4n) is 1.47. The number of fused-ring (bicyclic) bond motifs is 3. The molecule has 0 saturated heterocycles. The first-order valence-corrected chi connectivity index (χ1v) is 3.81. The van der Waals surface area contributed by atoms with Crippen molar-refractivity contribution in [3.05, 3.63) is 36.5 Å². The highest BCUT2D eigenvalue weighted by atomic mass is 16.3. The van der Waals surface area contributed by atoms with E-state index >= 15 is 0 Å². The van der Waals surface area contributed by atoms with E-state index < -0.39 is 0 Å². The molecule has 0 fully saturated rings. The average Bonchev–Trinajstić information content (AvgIpc) is 2.62. The third-order valence-corrected chi connectivity index (χ3v) is 2.02. The Bertz CT molecular complexity index is 532. The molecule has 3 rings (SSSR count). The van der Waals surface area contributed by atoms with Gasteiger partial charge in [0.2, 0.25) is 0 Å². The molecule has 57 valence electrons. The summed E-state index contributed by atoms with van der Waals surface area (Å²) in [5, 5.41) is 1.12. The van der Waals surface area contributed by atoms with Gasteiger partial charge in [0.25, 0.3) is 0 Å². The number of furan rings is 1. The van der Waals surface area contributed by atoms with Gasteiger partial charge in [0, 0.05) is 11.5 Å². The Kier molecular flexibility index (Phi) is 0.939. The summed E-state index contributed by atoms with van der Waals surface area (Å²) in [6.45, 7) is 0. The molecule has 2 heterocycles. The zero-order valence-electron chi connectivity index (χ0n) is 6.29. The van der Waals surface area contributed by atoms with Gasteiger partial charge in [0.1, 0.15) is 5.58 Å². The molecule has 0 amide bonds. The van der Waals surface area contributed by atoms with Crippen LogP contribution in [-0.2, 0) is 0 Å². The van der Waals surface area contributed by atoms with E-state index in [1.54, 1.807) is 0 Å². The number of nitrogens with one attached hydrogen (secondary N) is 1. The Hall–Kier alpha value is -1.70. The number of aromatic amines is 1. The molecule has 2 aromatic heterocycles. The Morgan fingerprint density at radius 1 is 1.17 bits per heavy atom. The Morgan fingerprint density at radius 2 is 2.08 bits per heavy atom. The molecule has 1 N–H and O–H groups in total. The lowest BCUT2D eigenvalue weighted by molar-refractivity contribution is 0.669. The van der Waals surface area contributed by atoms with Gasteiger partial charge in [-0.05, 0) is 12.1 Å². The molecule has 0 unspecified atom stereocenters. The summed E-state index contributed by atoms with van der Waals surface area (Å²) in [6.07, 6.45) is 2.89. The highest BCUT2D eigenvalue weighted by Crippen LogP contribution is 2.26. The molecule has 0 spiro atoms. The van der Waals surface area contributed by atoms with Crippen molar-refractivity contribution in [1.82, 2.24) is 4.98 Å². The first kappa shape index (κ1) is 5.89. The maximum Gasteiger partial charge on any atom is 0.153 e. The van der Waals surface area contributed by atoms with Gasteiger partial charge >= 0.3 is 0 Å². The maximum absolute atomic E-state index is 5.53. The molecule has 0 aliphatic rings. The van der Waals surface area contributed by atoms with Crippen LogP contribution in [0.5, 0.6) is 0 Å². The summed E-state index contributed by atoms with van der Waals surface area (Å²) >= 11 is 0. The minimum atomic E-state index is 0.871. The van der Waals surface area contributed by atoms with Crippen LogP contribution in [0, 0.1) is 6.20 Å². The van der Waals surface area contributed by atoms with E-state index in [-0.39, 0.29) is 0 Å². The number of hydrogen-bond acceptors (Lipinski definition) is 1. The molecule has 0 bridgehead atoms. The summed E-state index contributed by atoms with van der Waals surface area (Å²) in [5.74, 6) is 0. The smallest absolute Gasteiger partial charge is 0.153 e. The second-order valence-corrected chi connectivity index (χ2v) is 2.75. The molecular formula is C10H6NO. The van der Waals surface area contributed by atoms with Crippen molar-refractivity contribution >= 4 is 22.1 Å². The standard InChI is InChI=1S/C10H6NO/c1-2-4-8-7(3-1)10-9(12-8)5-6-11-10/h1-5,11H. The molecular weight excluding hydrogens is 150 g/mol. The van der Waals surface area contributed by atoms with E-state index in [4.69, 9.17) is 4.42 Å². The van der Waals surface area contributed by atoms with Crippen molar-refractivity contribution < 1.29 is 4.42 Å². The Balaban J connectivity index is 2.68. The number of aromatic nitrogens is 1. The number of benzene rings is 1. The molecule has 2 heteroatoms. The second-order valence-electron chi connectivity index (χ2n) is 2.75. The fraction of sp³-hybridized carbons (Fsp3) is 0. The van der Waals surface area contributed by atoms with Gasteiger partial charge in [-0.15, -0.1) is 0 Å². The van der Waals surface area contributed by atoms with Crippen LogP contribution in [0.2, 0.25) is 0 Å². The average molecular weight is 156 g/mol. The van der Waals surface area contributed by atoms with Crippen molar-refractivity contribution in [3.63, 3.8) is 0 Å². The molecule has 1 radical (unpaired) electrons. The monoisotopic (exact) mass is 156 g/mol. The van der Waals surface area contributed by atoms with Crippen LogP contribution < -0.4 is 0 Å². The molecule has 0 aliphatic heterocycles. The van der Waals surface area contributed by atoms with Crippen LogP contribution >= 0.6 is 0 Å². The van der Waals surface area contributed by atoms with Gasteiger partial charge in [0.15, 0.2) is 5.58 Å². The Morgan fingerprint density at radius 3 is 3.08 bits per heavy atom. The summed E-state index contributed by atoms with van der Waals surface area (Å²) in [4.78, 5) is 3.02. The molecule has 0 atom stereocenters. The third kappa shape index (κ3) is 0.593. The van der Waals surface area contributed by atoms with Crippen LogP contribution in [0.25, 0.3) is 22.1 Å². The number of para-hydroxylation sites is 1. The lowest BCUT2D eigenvalue weighted by atomic mass is 10.2. The van der Waals surface area contributed by atoms with Crippen molar-refractivity contribution in [2.45, 2.75) is 0 Å². The van der Waals surface area contributed by atoms with Crippen molar-refractivity contribution in [2.24, 2.45) is 0 Å². The van der Waals surface area contributed by atoms with Gasteiger partial charge < -0.3 is 9.40 Å². The van der Waals surface area contributed by atoms with E-state index in [0.29, 0.717) is 0 Å². The predicted molar refractivity (Wildman–Crippen MR) is 46.9 cm³/mol. The highest BCUT2D eigenvalue weighted by Gasteiger charge is 2.04. The van der Waals surface area contributed by atoms with E-state index in [1.165, 1.54) is 0 Å². The van der Waals surface area contributed by atoms with Gasteiger partial charge in [-0.1, -0.05) is 12.1 Å². The minimum Gasteiger partial charge on any atom is -0.454 e. The summed E-state index contributed by atoms with van der Waals surface area (Å²) in [7, 11) is 0. The molecule has 2 nitrogen and oxygen atoms in total. The van der Waals surface area contributed by atoms with Crippen molar-refractivity contribution in [1.29, 1.82) is 0 Å². The van der Waals surface area contributed by atoms with Crippen LogP contribution in [0.4, 0.5) is 0 Å². The minimum absolute atomic E-state index is 0.871. The molecule has 3 aromatic rings. The zero-order valence-corrected chi connectivity index (χ0v) is 6.29. The summed E-state index contributed by atoms with van der Waals surface area (Å²) in [6, 6.07) is 9.77. The molecule has 0 aliphatic carbocycles. The van der Waals surface area contributed by atoms with Gasteiger partial charge in [0.05, 0.1) is 11.7 Å². The van der Waals surface area contributed by atoms with Crippen LogP contribution in [0.3, 0.4) is 0 Å². The normalized spacial score (nSPS) is 11.3. The predicted octanol–water partition coefficient (Wildman–Crippen LogP) is 2.71. The number of hydrogen-bond donors (Lipinski definition) is 1. The SMILES string of the molecule is [c]1cc2oc3ccccc3c2[nH]1. The topological polar surface area (TPSA) is 28.9 Å². The van der Waals surface area contributed by atoms with Crippen LogP contribution in [0.15, 0.2) is 34.7 Å². The van der Waals surface area contributed by atoms with Crippen molar-refractivity contribution in [2.75, 3.05) is 0 Å². The highest BCUT2D eigenvalue weighted by molar-refractivity contribution is 6.02. The maximum atomic E-state index is 5.53. The number of H-pyrrole nitrogens is 1.